The van der Waals surface area contributed by atoms with Crippen molar-refractivity contribution in [3.63, 3.8) is 0 Å². The van der Waals surface area contributed by atoms with Gasteiger partial charge in [-0.1, -0.05) is 11.6 Å². The molecule has 0 bridgehead atoms. The number of benzene rings is 1. The van der Waals surface area contributed by atoms with Crippen LogP contribution in [0.15, 0.2) is 12.1 Å². The fourth-order valence-electron chi connectivity index (χ4n) is 2.65. The fraction of sp³-hybridized carbons (Fsp3) is 0.600. The lowest BCUT2D eigenvalue weighted by atomic mass is 10.1. The van der Waals surface area contributed by atoms with Gasteiger partial charge in [0.15, 0.2) is 0 Å². The Morgan fingerprint density at radius 2 is 2.21 bits per heavy atom. The van der Waals surface area contributed by atoms with Crippen molar-refractivity contribution in [1.29, 1.82) is 0 Å². The molecule has 19 heavy (non-hydrogen) atoms. The summed E-state index contributed by atoms with van der Waals surface area (Å²) in [5.41, 5.74) is 8.70. The van der Waals surface area contributed by atoms with Crippen molar-refractivity contribution in [2.45, 2.75) is 33.2 Å². The second kappa shape index (κ2) is 6.02. The standard InChI is InChI=1S/C15H24ClN3/c1-10(2)19-5-4-12(9-19)8-18-15-7-13(16)14(17)6-11(15)3/h6-7,10,12,18H,4-5,8-9,17H2,1-3H3. The van der Waals surface area contributed by atoms with Gasteiger partial charge >= 0.3 is 0 Å². The molecule has 1 unspecified atom stereocenters. The van der Waals surface area contributed by atoms with Gasteiger partial charge in [0.2, 0.25) is 0 Å². The Bertz CT molecular complexity index is 445. The van der Waals surface area contributed by atoms with Crippen molar-refractivity contribution in [2.75, 3.05) is 30.7 Å². The van der Waals surface area contributed by atoms with Crippen molar-refractivity contribution in [3.8, 4) is 0 Å². The summed E-state index contributed by atoms with van der Waals surface area (Å²) >= 11 is 6.07. The second-order valence-electron chi connectivity index (χ2n) is 5.81. The van der Waals surface area contributed by atoms with E-state index >= 15 is 0 Å². The minimum Gasteiger partial charge on any atom is -0.398 e. The first-order chi connectivity index (χ1) is 8.97. The minimum absolute atomic E-state index is 0.628. The molecule has 1 aliphatic heterocycles. The number of nitrogens with zero attached hydrogens (tertiary/aromatic N) is 1. The van der Waals surface area contributed by atoms with E-state index in [1.54, 1.807) is 0 Å². The van der Waals surface area contributed by atoms with Crippen LogP contribution in [0.25, 0.3) is 0 Å². The van der Waals surface area contributed by atoms with Crippen LogP contribution >= 0.6 is 11.6 Å². The third-order valence-electron chi connectivity index (χ3n) is 3.97. The van der Waals surface area contributed by atoms with Crippen LogP contribution < -0.4 is 11.1 Å². The largest absolute Gasteiger partial charge is 0.398 e. The van der Waals surface area contributed by atoms with E-state index < -0.39 is 0 Å². The predicted molar refractivity (Wildman–Crippen MR) is 83.9 cm³/mol. The maximum atomic E-state index is 6.07. The topological polar surface area (TPSA) is 41.3 Å². The second-order valence-corrected chi connectivity index (χ2v) is 6.22. The van der Waals surface area contributed by atoms with E-state index in [4.69, 9.17) is 17.3 Å². The Morgan fingerprint density at radius 1 is 1.47 bits per heavy atom. The number of halogens is 1. The van der Waals surface area contributed by atoms with Crippen LogP contribution in [0.5, 0.6) is 0 Å². The van der Waals surface area contributed by atoms with E-state index in [0.717, 1.165) is 23.7 Å². The summed E-state index contributed by atoms with van der Waals surface area (Å²) in [6, 6.07) is 4.51. The lowest BCUT2D eigenvalue weighted by molar-refractivity contribution is 0.266. The van der Waals surface area contributed by atoms with Crippen LogP contribution in [0.1, 0.15) is 25.8 Å². The van der Waals surface area contributed by atoms with Crippen LogP contribution in [0.3, 0.4) is 0 Å². The Hall–Kier alpha value is -0.930. The number of likely N-dealkylation sites (tertiary alicyclic amines) is 1. The molecule has 3 N–H and O–H groups in total. The number of hydrogen-bond donors (Lipinski definition) is 2. The van der Waals surface area contributed by atoms with Crippen LogP contribution in [-0.2, 0) is 0 Å². The number of anilines is 2. The highest BCUT2D eigenvalue weighted by molar-refractivity contribution is 6.33. The van der Waals surface area contributed by atoms with Crippen LogP contribution in [0.4, 0.5) is 11.4 Å². The molecule has 106 valence electrons. The van der Waals surface area contributed by atoms with E-state index in [0.29, 0.717) is 16.8 Å². The zero-order valence-electron chi connectivity index (χ0n) is 12.0. The highest BCUT2D eigenvalue weighted by atomic mass is 35.5. The van der Waals surface area contributed by atoms with Gasteiger partial charge in [-0.2, -0.15) is 0 Å². The lowest BCUT2D eigenvalue weighted by Crippen LogP contribution is -2.29. The molecule has 1 heterocycles. The first-order valence-electron chi connectivity index (χ1n) is 7.01. The lowest BCUT2D eigenvalue weighted by Gasteiger charge is -2.20. The molecule has 2 rings (SSSR count). The first kappa shape index (κ1) is 14.5. The molecule has 1 atom stereocenters. The monoisotopic (exact) mass is 281 g/mol. The van der Waals surface area contributed by atoms with Gasteiger partial charge in [0.05, 0.1) is 10.7 Å². The van der Waals surface area contributed by atoms with Crippen LogP contribution in [-0.4, -0.2) is 30.6 Å². The molecular weight excluding hydrogens is 258 g/mol. The summed E-state index contributed by atoms with van der Waals surface area (Å²) in [6.07, 6.45) is 1.27. The highest BCUT2D eigenvalue weighted by Gasteiger charge is 2.23. The molecule has 0 amide bonds. The van der Waals surface area contributed by atoms with E-state index in [-0.39, 0.29) is 0 Å². The average Bonchev–Trinajstić information content (AvgIpc) is 2.81. The molecule has 0 aliphatic carbocycles. The van der Waals surface area contributed by atoms with Crippen molar-refractivity contribution in [2.24, 2.45) is 5.92 Å². The van der Waals surface area contributed by atoms with Crippen molar-refractivity contribution >= 4 is 23.0 Å². The number of rotatable bonds is 4. The smallest absolute Gasteiger partial charge is 0.0656 e. The third-order valence-corrected chi connectivity index (χ3v) is 4.30. The maximum Gasteiger partial charge on any atom is 0.0656 e. The van der Waals surface area contributed by atoms with E-state index in [1.807, 2.05) is 12.1 Å². The maximum absolute atomic E-state index is 6.07. The predicted octanol–water partition coefficient (Wildman–Crippen LogP) is 3.37. The molecule has 1 aromatic rings. The normalized spacial score (nSPS) is 20.2. The number of aryl methyl sites for hydroxylation is 1. The number of nitrogens with two attached hydrogens (primary N) is 1. The Kier molecular flexibility index (Phi) is 4.58. The van der Waals surface area contributed by atoms with E-state index in [1.165, 1.54) is 19.5 Å². The quantitative estimate of drug-likeness (QED) is 0.832. The zero-order chi connectivity index (χ0) is 14.0. The summed E-state index contributed by atoms with van der Waals surface area (Å²) < 4.78 is 0. The molecule has 3 nitrogen and oxygen atoms in total. The van der Waals surface area contributed by atoms with Gasteiger partial charge in [-0.3, -0.25) is 0 Å². The summed E-state index contributed by atoms with van der Waals surface area (Å²) in [4.78, 5) is 2.54. The molecule has 0 spiro atoms. The van der Waals surface area contributed by atoms with Crippen LogP contribution in [0.2, 0.25) is 5.02 Å². The average molecular weight is 282 g/mol. The minimum atomic E-state index is 0.628. The number of nitrogen functional groups attached to an aromatic ring is 1. The molecule has 0 aromatic heterocycles. The van der Waals surface area contributed by atoms with Gasteiger partial charge in [0, 0.05) is 24.8 Å². The van der Waals surface area contributed by atoms with E-state index in [9.17, 15) is 0 Å². The van der Waals surface area contributed by atoms with E-state index in [2.05, 4.69) is 31.0 Å². The van der Waals surface area contributed by atoms with Crippen molar-refractivity contribution < 1.29 is 0 Å². The van der Waals surface area contributed by atoms with Gasteiger partial charge in [0.1, 0.15) is 0 Å². The highest BCUT2D eigenvalue weighted by Crippen LogP contribution is 2.27. The molecule has 0 saturated carbocycles. The van der Waals surface area contributed by atoms with Gasteiger partial charge in [-0.05, 0) is 57.4 Å². The van der Waals surface area contributed by atoms with Gasteiger partial charge < -0.3 is 16.0 Å². The molecule has 1 aliphatic rings. The summed E-state index contributed by atoms with van der Waals surface area (Å²) in [5.74, 6) is 0.720. The molecule has 1 fully saturated rings. The molecule has 1 aromatic carbocycles. The molecule has 1 saturated heterocycles. The zero-order valence-corrected chi connectivity index (χ0v) is 12.8. The van der Waals surface area contributed by atoms with Gasteiger partial charge in [0.25, 0.3) is 0 Å². The van der Waals surface area contributed by atoms with Gasteiger partial charge in [-0.15, -0.1) is 0 Å². The SMILES string of the molecule is Cc1cc(N)c(Cl)cc1NCC1CCN(C(C)C)C1. The first-order valence-corrected chi connectivity index (χ1v) is 7.38. The summed E-state index contributed by atoms with van der Waals surface area (Å²) in [7, 11) is 0. The van der Waals surface area contributed by atoms with Crippen molar-refractivity contribution in [3.05, 3.63) is 22.7 Å². The molecule has 0 radical (unpaired) electrons. The summed E-state index contributed by atoms with van der Waals surface area (Å²) in [5, 5.41) is 4.14. The Labute approximate surface area is 121 Å². The molecular formula is C15H24ClN3. The van der Waals surface area contributed by atoms with Gasteiger partial charge in [-0.25, -0.2) is 0 Å². The van der Waals surface area contributed by atoms with Crippen LogP contribution in [0, 0.1) is 12.8 Å². The number of nitrogens with one attached hydrogen (secondary N) is 1. The Morgan fingerprint density at radius 3 is 2.84 bits per heavy atom. The number of hydrogen-bond acceptors (Lipinski definition) is 3. The summed E-state index contributed by atoms with van der Waals surface area (Å²) in [6.45, 7) is 9.99. The molecule has 4 heteroatoms. The van der Waals surface area contributed by atoms with Crippen molar-refractivity contribution in [1.82, 2.24) is 4.90 Å². The Balaban J connectivity index is 1.91. The third kappa shape index (κ3) is 3.54. The fourth-order valence-corrected chi connectivity index (χ4v) is 2.81.